The molecule has 0 saturated heterocycles. The first-order chi connectivity index (χ1) is 1.41. The van der Waals surface area contributed by atoms with Gasteiger partial charge in [-0.15, -0.1) is 11.6 Å². The first-order valence-corrected chi connectivity index (χ1v) is 1.51. The van der Waals surface area contributed by atoms with Gasteiger partial charge in [-0.1, -0.05) is 6.92 Å². The molecule has 0 aromatic heterocycles. The minimum Gasteiger partial charge on any atom is -1.00 e. The third-order valence-electron chi connectivity index (χ3n) is 0. The van der Waals surface area contributed by atoms with E-state index in [0.717, 1.165) is 5.88 Å². The molecule has 0 aromatic carbocycles. The van der Waals surface area contributed by atoms with E-state index in [1.165, 1.54) is 0 Å². The van der Waals surface area contributed by atoms with Crippen LogP contribution >= 0.6 is 11.6 Å². The molecule has 0 aliphatic rings. The Morgan fingerprint density at radius 3 is 1.33 bits per heavy atom. The molecule has 0 saturated carbocycles. The molecule has 0 nitrogen and oxygen atoms in total. The molecular weight excluding hydrogens is 244 g/mol. The van der Waals surface area contributed by atoms with Crippen molar-refractivity contribution in [1.29, 1.82) is 0 Å². The van der Waals surface area contributed by atoms with Gasteiger partial charge in [0.2, 0.25) is 0 Å². The van der Waals surface area contributed by atoms with E-state index in [4.69, 9.17) is 11.6 Å². The van der Waals surface area contributed by atoms with E-state index in [1.54, 1.807) is 0 Å². The molecule has 0 aliphatic carbocycles. The molecule has 0 aliphatic heterocycles. The second-order valence-corrected chi connectivity index (χ2v) is 0.802. The molecule has 0 bridgehead atoms. The predicted octanol–water partition coefficient (Wildman–Crippen LogP) is -5.13. The van der Waals surface area contributed by atoms with E-state index >= 15 is 0 Å². The van der Waals surface area contributed by atoms with Crippen LogP contribution in [0.25, 0.3) is 0 Å². The zero-order chi connectivity index (χ0) is 2.71. The zero-order valence-electron chi connectivity index (χ0n) is 3.55. The van der Waals surface area contributed by atoms with E-state index in [0.29, 0.717) is 0 Å². The van der Waals surface area contributed by atoms with Gasteiger partial charge < -0.3 is 34.0 Å². The second-order valence-electron chi connectivity index (χ2n) is 0.267. The normalized spacial score (nSPS) is 3.00. The molecule has 36 valence electrons. The molecular formula is C2H5Br2ClMg. The summed E-state index contributed by atoms with van der Waals surface area (Å²) in [5.74, 6) is 0.722. The maximum absolute atomic E-state index is 5.00. The predicted molar refractivity (Wildman–Crippen MR) is 22.1 cm³/mol. The Labute approximate surface area is 80.7 Å². The average molecular weight is 249 g/mol. The first-order valence-electron chi connectivity index (χ1n) is 0.974. The molecule has 4 heteroatoms. The molecule has 0 spiro atoms. The molecule has 6 heavy (non-hydrogen) atoms. The van der Waals surface area contributed by atoms with Gasteiger partial charge in [0.25, 0.3) is 0 Å². The molecule has 0 fully saturated rings. The summed E-state index contributed by atoms with van der Waals surface area (Å²) in [6, 6.07) is 0. The summed E-state index contributed by atoms with van der Waals surface area (Å²) in [4.78, 5) is 0. The van der Waals surface area contributed by atoms with Crippen molar-refractivity contribution in [2.24, 2.45) is 0 Å². The van der Waals surface area contributed by atoms with Gasteiger partial charge in [-0.3, -0.25) is 0 Å². The van der Waals surface area contributed by atoms with Gasteiger partial charge in [0.1, 0.15) is 0 Å². The van der Waals surface area contributed by atoms with Crippen LogP contribution < -0.4 is 34.0 Å². The van der Waals surface area contributed by atoms with Crippen molar-refractivity contribution in [1.82, 2.24) is 0 Å². The van der Waals surface area contributed by atoms with Crippen LogP contribution in [0.15, 0.2) is 0 Å². The van der Waals surface area contributed by atoms with Crippen molar-refractivity contribution in [2.45, 2.75) is 6.92 Å². The summed E-state index contributed by atoms with van der Waals surface area (Å²) in [5, 5.41) is 0. The third kappa shape index (κ3) is 37.2. The molecule has 0 atom stereocenters. The van der Waals surface area contributed by atoms with Gasteiger partial charge in [-0.05, 0) is 0 Å². The van der Waals surface area contributed by atoms with Gasteiger partial charge in [-0.25, -0.2) is 0 Å². The standard InChI is InChI=1S/C2H5Cl.2BrH.Mg/c1-2-3;;;/h2H2,1H3;2*1H;/q;;;+2/p-2. The Morgan fingerprint density at radius 1 is 1.33 bits per heavy atom. The van der Waals surface area contributed by atoms with Crippen LogP contribution in [0.1, 0.15) is 6.92 Å². The monoisotopic (exact) mass is 246 g/mol. The summed E-state index contributed by atoms with van der Waals surface area (Å²) in [6.45, 7) is 1.89. The molecule has 0 unspecified atom stereocenters. The fourth-order valence-corrected chi connectivity index (χ4v) is 0. The van der Waals surface area contributed by atoms with Crippen LogP contribution in [0.3, 0.4) is 0 Å². The number of halogens is 3. The van der Waals surface area contributed by atoms with E-state index in [2.05, 4.69) is 0 Å². The number of rotatable bonds is 0. The van der Waals surface area contributed by atoms with E-state index in [9.17, 15) is 0 Å². The largest absolute Gasteiger partial charge is 2.00 e. The zero-order valence-corrected chi connectivity index (χ0v) is 8.89. The number of alkyl halides is 1. The van der Waals surface area contributed by atoms with Crippen molar-refractivity contribution >= 4 is 34.7 Å². The van der Waals surface area contributed by atoms with Crippen molar-refractivity contribution in [3.05, 3.63) is 0 Å². The molecule has 0 aromatic rings. The van der Waals surface area contributed by atoms with Crippen LogP contribution in [0.4, 0.5) is 0 Å². The molecule has 0 heterocycles. The molecule has 0 amide bonds. The summed E-state index contributed by atoms with van der Waals surface area (Å²) in [7, 11) is 0. The van der Waals surface area contributed by atoms with Gasteiger partial charge in [0.15, 0.2) is 0 Å². The van der Waals surface area contributed by atoms with Crippen LogP contribution in [0.2, 0.25) is 0 Å². The molecule has 0 radical (unpaired) electrons. The maximum Gasteiger partial charge on any atom is 2.00 e. The van der Waals surface area contributed by atoms with Crippen LogP contribution in [0, 0.1) is 0 Å². The summed E-state index contributed by atoms with van der Waals surface area (Å²) < 4.78 is 0. The summed E-state index contributed by atoms with van der Waals surface area (Å²) in [5.41, 5.74) is 0. The topological polar surface area (TPSA) is 0 Å². The van der Waals surface area contributed by atoms with Crippen LogP contribution in [-0.4, -0.2) is 28.9 Å². The summed E-state index contributed by atoms with van der Waals surface area (Å²) in [6.07, 6.45) is 0. The van der Waals surface area contributed by atoms with Gasteiger partial charge in [0.05, 0.1) is 0 Å². The summed E-state index contributed by atoms with van der Waals surface area (Å²) >= 11 is 5.00. The fraction of sp³-hybridized carbons (Fsp3) is 1.00. The Bertz CT molecular complexity index is 11.5. The van der Waals surface area contributed by atoms with Crippen molar-refractivity contribution in [3.8, 4) is 0 Å². The Hall–Kier alpha value is 2.02. The fourth-order valence-electron chi connectivity index (χ4n) is 0. The SMILES string of the molecule is CCCl.[Br-].[Br-].[Mg+2]. The number of hydrogen-bond donors (Lipinski definition) is 0. The van der Waals surface area contributed by atoms with Crippen LogP contribution in [-0.2, 0) is 0 Å². The Morgan fingerprint density at radius 2 is 1.33 bits per heavy atom. The number of hydrogen-bond acceptors (Lipinski definition) is 0. The Balaban J connectivity index is -0.00000000667. The molecule has 0 rings (SSSR count). The molecule has 0 N–H and O–H groups in total. The minimum atomic E-state index is 0. The minimum absolute atomic E-state index is 0. The van der Waals surface area contributed by atoms with Gasteiger partial charge >= 0.3 is 23.1 Å². The smallest absolute Gasteiger partial charge is 1.00 e. The third-order valence-corrected chi connectivity index (χ3v) is 0. The average Bonchev–Trinajstić information content (AvgIpc) is 0.918. The van der Waals surface area contributed by atoms with Crippen molar-refractivity contribution < 1.29 is 34.0 Å². The quantitative estimate of drug-likeness (QED) is 0.297. The van der Waals surface area contributed by atoms with Gasteiger partial charge in [-0.2, -0.15) is 0 Å². The van der Waals surface area contributed by atoms with Crippen molar-refractivity contribution in [3.63, 3.8) is 0 Å². The van der Waals surface area contributed by atoms with E-state index in [1.807, 2.05) is 6.92 Å². The Kier molecular flexibility index (Phi) is 114. The first kappa shape index (κ1) is 24.5. The maximum atomic E-state index is 5.00. The van der Waals surface area contributed by atoms with Gasteiger partial charge in [0, 0.05) is 5.88 Å². The van der Waals surface area contributed by atoms with Crippen LogP contribution in [0.5, 0.6) is 0 Å². The van der Waals surface area contributed by atoms with Crippen molar-refractivity contribution in [2.75, 3.05) is 5.88 Å². The van der Waals surface area contributed by atoms with E-state index in [-0.39, 0.29) is 57.0 Å². The van der Waals surface area contributed by atoms with E-state index < -0.39 is 0 Å². The second kappa shape index (κ2) is 27.9.